The molecule has 0 bridgehead atoms. The minimum Gasteiger partial charge on any atom is -0.480 e. The Kier molecular flexibility index (Phi) is 6.59. The molecule has 1 aliphatic heterocycles. The van der Waals surface area contributed by atoms with Crippen LogP contribution in [-0.2, 0) is 16.1 Å². The number of nitrogens with zero attached hydrogens (tertiary/aromatic N) is 2. The molecule has 126 valence electrons. The van der Waals surface area contributed by atoms with Crippen LogP contribution in [0.4, 0.5) is 0 Å². The van der Waals surface area contributed by atoms with E-state index >= 15 is 0 Å². The van der Waals surface area contributed by atoms with E-state index in [-0.39, 0.29) is 5.91 Å². The highest BCUT2D eigenvalue weighted by molar-refractivity contribution is 5.84. The molecule has 0 radical (unpaired) electrons. The van der Waals surface area contributed by atoms with Crippen LogP contribution in [0.25, 0.3) is 0 Å². The van der Waals surface area contributed by atoms with E-state index in [4.69, 9.17) is 5.11 Å². The van der Waals surface area contributed by atoms with Gasteiger partial charge in [0.15, 0.2) is 0 Å². The lowest BCUT2D eigenvalue weighted by Crippen LogP contribution is -2.40. The molecule has 5 nitrogen and oxygen atoms in total. The highest BCUT2D eigenvalue weighted by Gasteiger charge is 2.33. The zero-order chi connectivity index (χ0) is 16.7. The number of hydrogen-bond acceptors (Lipinski definition) is 3. The van der Waals surface area contributed by atoms with Gasteiger partial charge < -0.3 is 10.0 Å². The number of rotatable bonds is 8. The van der Waals surface area contributed by atoms with Crippen LogP contribution in [0.5, 0.6) is 0 Å². The lowest BCUT2D eigenvalue weighted by atomic mass is 10.2. The molecule has 23 heavy (non-hydrogen) atoms. The van der Waals surface area contributed by atoms with Crippen molar-refractivity contribution in [1.82, 2.24) is 9.80 Å². The smallest absolute Gasteiger partial charge is 0.326 e. The summed E-state index contributed by atoms with van der Waals surface area (Å²) in [4.78, 5) is 27.2. The minimum absolute atomic E-state index is 0.0225. The quantitative estimate of drug-likeness (QED) is 0.799. The van der Waals surface area contributed by atoms with Gasteiger partial charge in [-0.3, -0.25) is 9.69 Å². The van der Waals surface area contributed by atoms with Gasteiger partial charge in [-0.1, -0.05) is 37.3 Å². The summed E-state index contributed by atoms with van der Waals surface area (Å²) < 4.78 is 0. The maximum Gasteiger partial charge on any atom is 0.326 e. The first kappa shape index (κ1) is 17.5. The van der Waals surface area contributed by atoms with E-state index in [9.17, 15) is 9.59 Å². The highest BCUT2D eigenvalue weighted by Crippen LogP contribution is 2.19. The number of aliphatic carboxylic acids is 1. The van der Waals surface area contributed by atoms with Gasteiger partial charge >= 0.3 is 5.97 Å². The van der Waals surface area contributed by atoms with Gasteiger partial charge in [0.1, 0.15) is 6.04 Å². The van der Waals surface area contributed by atoms with E-state index in [2.05, 4.69) is 24.0 Å². The monoisotopic (exact) mass is 318 g/mol. The van der Waals surface area contributed by atoms with Crippen molar-refractivity contribution >= 4 is 11.9 Å². The average molecular weight is 318 g/mol. The molecule has 0 spiro atoms. The maximum atomic E-state index is 12.2. The molecular formula is C18H26N2O3. The van der Waals surface area contributed by atoms with E-state index < -0.39 is 12.0 Å². The van der Waals surface area contributed by atoms with Crippen molar-refractivity contribution in [3.8, 4) is 0 Å². The van der Waals surface area contributed by atoms with E-state index in [0.717, 1.165) is 32.5 Å². The number of likely N-dealkylation sites (tertiary alicyclic amines) is 1. The molecule has 1 heterocycles. The Hall–Kier alpha value is -1.88. The second-order valence-electron chi connectivity index (χ2n) is 6.04. The van der Waals surface area contributed by atoms with Crippen LogP contribution < -0.4 is 0 Å². The standard InChI is InChI=1S/C18H26N2O3/c1-2-19(14-15-8-4-3-5-9-15)12-7-11-17(21)20-13-6-10-16(20)18(22)23/h3-5,8-9,16H,2,6-7,10-14H2,1H3,(H,22,23). The zero-order valence-corrected chi connectivity index (χ0v) is 13.8. The summed E-state index contributed by atoms with van der Waals surface area (Å²) in [6, 6.07) is 9.67. The summed E-state index contributed by atoms with van der Waals surface area (Å²) in [5.41, 5.74) is 1.27. The zero-order valence-electron chi connectivity index (χ0n) is 13.8. The van der Waals surface area contributed by atoms with Crippen molar-refractivity contribution in [2.24, 2.45) is 0 Å². The molecule has 5 heteroatoms. The Morgan fingerprint density at radius 3 is 2.70 bits per heavy atom. The van der Waals surface area contributed by atoms with Crippen LogP contribution in [-0.4, -0.2) is 52.5 Å². The number of benzene rings is 1. The van der Waals surface area contributed by atoms with Gasteiger partial charge in [-0.15, -0.1) is 0 Å². The third kappa shape index (κ3) is 5.06. The Morgan fingerprint density at radius 2 is 2.04 bits per heavy atom. The maximum absolute atomic E-state index is 12.2. The molecule has 1 unspecified atom stereocenters. The third-order valence-corrected chi connectivity index (χ3v) is 4.42. The van der Waals surface area contributed by atoms with Gasteiger partial charge in [0, 0.05) is 19.5 Å². The predicted octanol–water partition coefficient (Wildman–Crippen LogP) is 2.36. The second kappa shape index (κ2) is 8.67. The van der Waals surface area contributed by atoms with Gasteiger partial charge in [0.2, 0.25) is 5.91 Å². The molecule has 0 aliphatic carbocycles. The summed E-state index contributed by atoms with van der Waals surface area (Å²) in [7, 11) is 0. The van der Waals surface area contributed by atoms with Crippen LogP contribution in [0.2, 0.25) is 0 Å². The SMILES string of the molecule is CCN(CCCC(=O)N1CCCC1C(=O)O)Cc1ccccc1. The van der Waals surface area contributed by atoms with Crippen molar-refractivity contribution in [2.75, 3.05) is 19.6 Å². The van der Waals surface area contributed by atoms with E-state index in [1.807, 2.05) is 18.2 Å². The summed E-state index contributed by atoms with van der Waals surface area (Å²) in [6.07, 6.45) is 2.56. The summed E-state index contributed by atoms with van der Waals surface area (Å²) >= 11 is 0. The molecule has 1 aliphatic rings. The second-order valence-corrected chi connectivity index (χ2v) is 6.04. The molecule has 1 aromatic carbocycles. The van der Waals surface area contributed by atoms with Crippen molar-refractivity contribution < 1.29 is 14.7 Å². The van der Waals surface area contributed by atoms with E-state index in [1.165, 1.54) is 10.5 Å². The summed E-state index contributed by atoms with van der Waals surface area (Å²) in [6.45, 7) is 5.36. The fourth-order valence-corrected chi connectivity index (χ4v) is 3.11. The van der Waals surface area contributed by atoms with Gasteiger partial charge in [-0.2, -0.15) is 0 Å². The predicted molar refractivity (Wildman–Crippen MR) is 89.0 cm³/mol. The molecule has 1 atom stereocenters. The normalized spacial score (nSPS) is 17.7. The summed E-state index contributed by atoms with van der Waals surface area (Å²) in [5, 5.41) is 9.15. The van der Waals surface area contributed by atoms with Crippen LogP contribution >= 0.6 is 0 Å². The highest BCUT2D eigenvalue weighted by atomic mass is 16.4. The van der Waals surface area contributed by atoms with Gasteiger partial charge in [-0.05, 0) is 37.9 Å². The molecule has 2 rings (SSSR count). The number of amides is 1. The topological polar surface area (TPSA) is 60.9 Å². The molecular weight excluding hydrogens is 292 g/mol. The van der Waals surface area contributed by atoms with Crippen LogP contribution in [0.1, 0.15) is 38.2 Å². The Balaban J connectivity index is 1.76. The lowest BCUT2D eigenvalue weighted by molar-refractivity contribution is -0.148. The number of carbonyl (C=O) groups is 2. The van der Waals surface area contributed by atoms with Crippen LogP contribution in [0, 0.1) is 0 Å². The molecule has 0 aromatic heterocycles. The van der Waals surface area contributed by atoms with Crippen molar-refractivity contribution in [3.63, 3.8) is 0 Å². The van der Waals surface area contributed by atoms with Crippen molar-refractivity contribution in [3.05, 3.63) is 35.9 Å². The summed E-state index contributed by atoms with van der Waals surface area (Å²) in [5.74, 6) is -0.902. The van der Waals surface area contributed by atoms with E-state index in [0.29, 0.717) is 19.4 Å². The molecule has 1 fully saturated rings. The van der Waals surface area contributed by atoms with Crippen molar-refractivity contribution in [1.29, 1.82) is 0 Å². The number of carboxylic acids is 1. The first-order valence-electron chi connectivity index (χ1n) is 8.40. The number of carboxylic acid groups (broad SMARTS) is 1. The fourth-order valence-electron chi connectivity index (χ4n) is 3.11. The van der Waals surface area contributed by atoms with Gasteiger partial charge in [0.25, 0.3) is 0 Å². The van der Waals surface area contributed by atoms with E-state index in [1.54, 1.807) is 0 Å². The first-order valence-corrected chi connectivity index (χ1v) is 8.40. The van der Waals surface area contributed by atoms with Gasteiger partial charge in [0.05, 0.1) is 0 Å². The third-order valence-electron chi connectivity index (χ3n) is 4.42. The minimum atomic E-state index is -0.880. The van der Waals surface area contributed by atoms with Crippen molar-refractivity contribution in [2.45, 2.75) is 45.2 Å². The Labute approximate surface area is 137 Å². The molecule has 0 saturated carbocycles. The molecule has 1 aromatic rings. The van der Waals surface area contributed by atoms with Crippen LogP contribution in [0.15, 0.2) is 30.3 Å². The largest absolute Gasteiger partial charge is 0.480 e. The Bertz CT molecular complexity index is 518. The van der Waals surface area contributed by atoms with Gasteiger partial charge in [-0.25, -0.2) is 4.79 Å². The molecule has 1 saturated heterocycles. The number of hydrogen-bond donors (Lipinski definition) is 1. The fraction of sp³-hybridized carbons (Fsp3) is 0.556. The van der Waals surface area contributed by atoms with Crippen LogP contribution in [0.3, 0.4) is 0 Å². The lowest BCUT2D eigenvalue weighted by Gasteiger charge is -2.23. The molecule has 1 N–H and O–H groups in total. The first-order chi connectivity index (χ1) is 11.1. The number of carbonyl (C=O) groups excluding carboxylic acids is 1. The Morgan fingerprint density at radius 1 is 1.30 bits per heavy atom. The average Bonchev–Trinajstić information content (AvgIpc) is 3.04. The molecule has 1 amide bonds.